The molecule has 6 nitrogen and oxygen atoms in total. The number of hydrogen-bond acceptors (Lipinski definition) is 6. The zero-order chi connectivity index (χ0) is 24.8. The summed E-state index contributed by atoms with van der Waals surface area (Å²) in [5.74, 6) is 0.819. The summed E-state index contributed by atoms with van der Waals surface area (Å²) in [4.78, 5) is 27.4. The van der Waals surface area contributed by atoms with Crippen LogP contribution < -0.4 is 20.8 Å². The number of carbonyl (C=O) groups is 1. The van der Waals surface area contributed by atoms with Crippen LogP contribution in [0.5, 0.6) is 5.75 Å². The van der Waals surface area contributed by atoms with Gasteiger partial charge in [0.1, 0.15) is 17.6 Å². The van der Waals surface area contributed by atoms with Crippen molar-refractivity contribution in [1.82, 2.24) is 0 Å². The van der Waals surface area contributed by atoms with Gasteiger partial charge in [-0.1, -0.05) is 35.9 Å². The topological polar surface area (TPSA) is 80.6 Å². The number of benzene rings is 3. The van der Waals surface area contributed by atoms with Crippen molar-refractivity contribution in [3.8, 4) is 5.75 Å². The monoisotopic (exact) mass is 478 g/mol. The van der Waals surface area contributed by atoms with Crippen molar-refractivity contribution < 1.29 is 13.9 Å². The van der Waals surface area contributed by atoms with E-state index in [1.807, 2.05) is 73.7 Å². The molecule has 1 aliphatic heterocycles. The maximum Gasteiger partial charge on any atom is 0.198 e. The molecule has 1 aliphatic carbocycles. The van der Waals surface area contributed by atoms with Crippen LogP contribution >= 0.6 is 0 Å². The Labute approximate surface area is 208 Å². The summed E-state index contributed by atoms with van der Waals surface area (Å²) in [6.45, 7) is 1.94. The van der Waals surface area contributed by atoms with E-state index in [-0.39, 0.29) is 17.1 Å². The van der Waals surface area contributed by atoms with Crippen LogP contribution in [0.1, 0.15) is 41.5 Å². The number of anilines is 2. The zero-order valence-electron chi connectivity index (χ0n) is 20.1. The molecule has 3 aromatic carbocycles. The van der Waals surface area contributed by atoms with E-state index in [1.54, 1.807) is 7.11 Å². The molecule has 0 fully saturated rings. The maximum absolute atomic E-state index is 13.8. The number of hydrogen-bond donors (Lipinski definition) is 2. The molecule has 6 rings (SSSR count). The Kier molecular flexibility index (Phi) is 5.37. The average Bonchev–Trinajstić information content (AvgIpc) is 3.06. The molecule has 0 saturated carbocycles. The van der Waals surface area contributed by atoms with E-state index in [0.717, 1.165) is 33.9 Å². The summed E-state index contributed by atoms with van der Waals surface area (Å²) in [7, 11) is 1.64. The summed E-state index contributed by atoms with van der Waals surface area (Å²) in [6.07, 6.45) is 2.51. The van der Waals surface area contributed by atoms with Gasteiger partial charge in [-0.25, -0.2) is 0 Å². The third-order valence-corrected chi connectivity index (χ3v) is 7.16. The van der Waals surface area contributed by atoms with Gasteiger partial charge in [0.15, 0.2) is 11.2 Å². The summed E-state index contributed by atoms with van der Waals surface area (Å²) < 4.78 is 11.2. The van der Waals surface area contributed by atoms with E-state index in [2.05, 4.69) is 10.6 Å². The van der Waals surface area contributed by atoms with E-state index >= 15 is 0 Å². The average molecular weight is 479 g/mol. The van der Waals surface area contributed by atoms with Crippen LogP contribution in [0.2, 0.25) is 0 Å². The second-order valence-corrected chi connectivity index (χ2v) is 9.46. The number of methoxy groups -OCH3 is 1. The lowest BCUT2D eigenvalue weighted by atomic mass is 9.78. The van der Waals surface area contributed by atoms with Gasteiger partial charge in [0.25, 0.3) is 0 Å². The Balaban J connectivity index is 1.49. The standard InChI is InChI=1S/C30H26N2O4/c1-17-7-12-27-21(13-17)30(34)22(16-36-27)29-28-25(31-23-5-3-4-6-24(23)32-29)14-19(15-26(28)33)18-8-10-20(35-2)11-9-18/h3-13,16,19,29,31-32H,14-15H2,1-2H3/t19-,29-/m1/s1. The molecule has 2 heterocycles. The fourth-order valence-electron chi connectivity index (χ4n) is 5.30. The minimum absolute atomic E-state index is 0.0126. The summed E-state index contributed by atoms with van der Waals surface area (Å²) in [5.41, 5.74) is 6.01. The van der Waals surface area contributed by atoms with Crippen LogP contribution in [0.4, 0.5) is 11.4 Å². The van der Waals surface area contributed by atoms with Crippen molar-refractivity contribution in [3.05, 3.63) is 111 Å². The van der Waals surface area contributed by atoms with Gasteiger partial charge in [-0.2, -0.15) is 0 Å². The van der Waals surface area contributed by atoms with Crippen LogP contribution in [0, 0.1) is 6.92 Å². The molecule has 0 radical (unpaired) electrons. The quantitative estimate of drug-likeness (QED) is 0.371. The summed E-state index contributed by atoms with van der Waals surface area (Å²) in [5, 5.41) is 7.51. The van der Waals surface area contributed by atoms with Crippen molar-refractivity contribution in [2.75, 3.05) is 17.7 Å². The lowest BCUT2D eigenvalue weighted by Crippen LogP contribution is -2.29. The van der Waals surface area contributed by atoms with Crippen LogP contribution in [0.15, 0.2) is 93.5 Å². The number of ketones is 1. The predicted octanol–water partition coefficient (Wildman–Crippen LogP) is 6.09. The fraction of sp³-hybridized carbons (Fsp3) is 0.200. The van der Waals surface area contributed by atoms with Crippen molar-refractivity contribution in [3.63, 3.8) is 0 Å². The second kappa shape index (κ2) is 8.72. The molecule has 0 saturated heterocycles. The van der Waals surface area contributed by atoms with Crippen LogP contribution in [-0.2, 0) is 4.79 Å². The molecule has 1 aromatic heterocycles. The largest absolute Gasteiger partial charge is 0.497 e. The Morgan fingerprint density at radius 1 is 0.944 bits per heavy atom. The Hall–Kier alpha value is -4.32. The summed E-state index contributed by atoms with van der Waals surface area (Å²) >= 11 is 0. The van der Waals surface area contributed by atoms with Crippen molar-refractivity contribution >= 4 is 28.1 Å². The minimum Gasteiger partial charge on any atom is -0.497 e. The van der Waals surface area contributed by atoms with E-state index in [4.69, 9.17) is 9.15 Å². The third kappa shape index (κ3) is 3.75. The van der Waals surface area contributed by atoms with Crippen molar-refractivity contribution in [2.45, 2.75) is 31.7 Å². The molecular weight excluding hydrogens is 452 g/mol. The van der Waals surface area contributed by atoms with Gasteiger partial charge in [-0.3, -0.25) is 9.59 Å². The van der Waals surface area contributed by atoms with Crippen molar-refractivity contribution in [1.29, 1.82) is 0 Å². The molecule has 2 atom stereocenters. The van der Waals surface area contributed by atoms with Gasteiger partial charge in [-0.05, 0) is 61.2 Å². The number of Topliss-reactive ketones (excluding diaryl/α,β-unsaturated/α-hetero) is 1. The van der Waals surface area contributed by atoms with Crippen LogP contribution in [0.25, 0.3) is 11.0 Å². The highest BCUT2D eigenvalue weighted by Gasteiger charge is 2.37. The number of rotatable bonds is 3. The van der Waals surface area contributed by atoms with Gasteiger partial charge in [0, 0.05) is 17.7 Å². The molecule has 2 aliphatic rings. The number of fused-ring (bicyclic) bond motifs is 2. The first-order valence-electron chi connectivity index (χ1n) is 12.1. The number of nitrogens with one attached hydrogen (secondary N) is 2. The number of ether oxygens (including phenoxy) is 1. The lowest BCUT2D eigenvalue weighted by molar-refractivity contribution is -0.116. The molecule has 0 spiro atoms. The first-order chi connectivity index (χ1) is 17.5. The Morgan fingerprint density at radius 3 is 2.50 bits per heavy atom. The van der Waals surface area contributed by atoms with Crippen LogP contribution in [-0.4, -0.2) is 12.9 Å². The van der Waals surface area contributed by atoms with Gasteiger partial charge < -0.3 is 19.8 Å². The number of carbonyl (C=O) groups excluding carboxylic acids is 1. The minimum atomic E-state index is -0.623. The number of para-hydroxylation sites is 2. The summed E-state index contributed by atoms with van der Waals surface area (Å²) in [6, 6.07) is 20.6. The van der Waals surface area contributed by atoms with E-state index in [1.165, 1.54) is 6.26 Å². The molecule has 6 heteroatoms. The first kappa shape index (κ1) is 22.2. The van der Waals surface area contributed by atoms with Gasteiger partial charge in [0.05, 0.1) is 35.5 Å². The van der Waals surface area contributed by atoms with E-state index in [0.29, 0.717) is 34.9 Å². The Morgan fingerprint density at radius 2 is 1.72 bits per heavy atom. The lowest BCUT2D eigenvalue weighted by Gasteiger charge is -2.29. The fourth-order valence-corrected chi connectivity index (χ4v) is 5.30. The zero-order valence-corrected chi connectivity index (χ0v) is 20.1. The third-order valence-electron chi connectivity index (χ3n) is 7.16. The molecule has 0 amide bonds. The van der Waals surface area contributed by atoms with E-state index < -0.39 is 6.04 Å². The van der Waals surface area contributed by atoms with Crippen molar-refractivity contribution in [2.24, 2.45) is 0 Å². The Bertz CT molecular complexity index is 1580. The van der Waals surface area contributed by atoms with Gasteiger partial charge in [-0.15, -0.1) is 0 Å². The molecular formula is C30H26N2O4. The molecule has 36 heavy (non-hydrogen) atoms. The molecule has 4 aromatic rings. The maximum atomic E-state index is 13.8. The highest BCUT2D eigenvalue weighted by molar-refractivity contribution is 6.01. The normalized spacial score (nSPS) is 19.1. The highest BCUT2D eigenvalue weighted by atomic mass is 16.5. The van der Waals surface area contributed by atoms with Gasteiger partial charge in [0.2, 0.25) is 0 Å². The first-order valence-corrected chi connectivity index (χ1v) is 12.1. The molecule has 0 bridgehead atoms. The smallest absolute Gasteiger partial charge is 0.198 e. The second-order valence-electron chi connectivity index (χ2n) is 9.46. The molecule has 2 N–H and O–H groups in total. The number of allylic oxidation sites excluding steroid dienone is 1. The van der Waals surface area contributed by atoms with Crippen LogP contribution in [0.3, 0.4) is 0 Å². The SMILES string of the molecule is COc1ccc([C@H]2CC(=O)C3=C(C2)Nc2ccccc2N[C@@H]3c2coc3ccc(C)cc3c2=O)cc1. The highest BCUT2D eigenvalue weighted by Crippen LogP contribution is 2.44. The van der Waals surface area contributed by atoms with Gasteiger partial charge >= 0.3 is 0 Å². The number of aryl methyl sites for hydroxylation is 1. The molecule has 180 valence electrons. The molecule has 0 unspecified atom stereocenters. The van der Waals surface area contributed by atoms with E-state index in [9.17, 15) is 9.59 Å². The predicted molar refractivity (Wildman–Crippen MR) is 141 cm³/mol.